The standard InChI is InChI=1S/C23H30O7/c1-6-18-22(3)21(26)23(4,30-18)20(25)16(29-22)12-10-8-7-9-11-15-14(2)17(27-5)13-19(24)28-15/h7-13,16,18,20-21,25-26H,6H2,1-5H3/b8-7+,11-9+,12-10+/t16?,18-,20?,21?,22?,23?/m1/s1. The minimum Gasteiger partial charge on any atom is -0.496 e. The van der Waals surface area contributed by atoms with Gasteiger partial charge in [0.15, 0.2) is 0 Å². The van der Waals surface area contributed by atoms with Crippen molar-refractivity contribution < 1.29 is 28.8 Å². The van der Waals surface area contributed by atoms with Gasteiger partial charge in [0, 0.05) is 5.56 Å². The summed E-state index contributed by atoms with van der Waals surface area (Å²) >= 11 is 0. The molecule has 164 valence electrons. The molecule has 2 bridgehead atoms. The highest BCUT2D eigenvalue weighted by atomic mass is 16.6. The van der Waals surface area contributed by atoms with E-state index < -0.39 is 35.1 Å². The molecule has 0 aromatic carbocycles. The van der Waals surface area contributed by atoms with Crippen LogP contribution in [0.4, 0.5) is 0 Å². The SMILES string of the molecule is CC[C@H]1OC2(C)C(O)C(/C=C/C=C/C=C/c3oc(=O)cc(OC)c3C)OC1(C)C2O. The van der Waals surface area contributed by atoms with Crippen LogP contribution in [0.25, 0.3) is 6.08 Å². The van der Waals surface area contributed by atoms with Crippen LogP contribution in [0, 0.1) is 6.92 Å². The van der Waals surface area contributed by atoms with Gasteiger partial charge in [-0.15, -0.1) is 0 Å². The number of ether oxygens (including phenoxy) is 3. The molecule has 7 nitrogen and oxygen atoms in total. The molecule has 7 heteroatoms. The van der Waals surface area contributed by atoms with Crippen molar-refractivity contribution in [2.45, 2.75) is 69.7 Å². The number of aliphatic hydroxyl groups is 2. The van der Waals surface area contributed by atoms with Gasteiger partial charge in [-0.25, -0.2) is 4.79 Å². The van der Waals surface area contributed by atoms with E-state index in [0.717, 1.165) is 5.56 Å². The predicted octanol–water partition coefficient (Wildman–Crippen LogP) is 2.53. The molecule has 0 amide bonds. The maximum atomic E-state index is 11.6. The first-order chi connectivity index (χ1) is 14.2. The molecule has 0 saturated carbocycles. The second-order valence-electron chi connectivity index (χ2n) is 8.06. The molecule has 3 rings (SSSR count). The van der Waals surface area contributed by atoms with Crippen molar-refractivity contribution in [3.05, 3.63) is 58.2 Å². The number of rotatable bonds is 6. The lowest BCUT2D eigenvalue weighted by atomic mass is 9.78. The summed E-state index contributed by atoms with van der Waals surface area (Å²) < 4.78 is 22.4. The maximum absolute atomic E-state index is 11.6. The first kappa shape index (κ1) is 22.5. The average molecular weight is 418 g/mol. The predicted molar refractivity (Wildman–Crippen MR) is 112 cm³/mol. The molecule has 5 unspecified atom stereocenters. The van der Waals surface area contributed by atoms with Crippen LogP contribution in [-0.4, -0.2) is 52.9 Å². The molecule has 1 aromatic rings. The van der Waals surface area contributed by atoms with Crippen LogP contribution < -0.4 is 10.4 Å². The molecule has 2 aliphatic rings. The smallest absolute Gasteiger partial charge is 0.339 e. The molecule has 30 heavy (non-hydrogen) atoms. The van der Waals surface area contributed by atoms with Crippen molar-refractivity contribution in [2.24, 2.45) is 0 Å². The van der Waals surface area contributed by atoms with Crippen LogP contribution >= 0.6 is 0 Å². The molecule has 1 aromatic heterocycles. The van der Waals surface area contributed by atoms with Crippen molar-refractivity contribution in [1.29, 1.82) is 0 Å². The summed E-state index contributed by atoms with van der Waals surface area (Å²) in [5.41, 5.74) is -1.69. The Morgan fingerprint density at radius 3 is 2.50 bits per heavy atom. The van der Waals surface area contributed by atoms with E-state index >= 15 is 0 Å². The quantitative estimate of drug-likeness (QED) is 0.685. The third-order valence-electron chi connectivity index (χ3n) is 6.08. The van der Waals surface area contributed by atoms with Crippen molar-refractivity contribution in [1.82, 2.24) is 0 Å². The summed E-state index contributed by atoms with van der Waals surface area (Å²) in [5.74, 6) is 0.901. The van der Waals surface area contributed by atoms with Crippen LogP contribution in [0.3, 0.4) is 0 Å². The lowest BCUT2D eigenvalue weighted by Crippen LogP contribution is -2.64. The van der Waals surface area contributed by atoms with Crippen molar-refractivity contribution in [3.8, 4) is 5.75 Å². The zero-order valence-electron chi connectivity index (χ0n) is 18.0. The Bertz CT molecular complexity index is 911. The molecule has 0 aliphatic carbocycles. The van der Waals surface area contributed by atoms with Gasteiger partial charge < -0.3 is 28.8 Å². The van der Waals surface area contributed by atoms with Gasteiger partial charge in [-0.3, -0.25) is 0 Å². The number of aliphatic hydroxyl groups excluding tert-OH is 2. The van der Waals surface area contributed by atoms with Crippen LogP contribution in [0.1, 0.15) is 38.5 Å². The van der Waals surface area contributed by atoms with E-state index in [9.17, 15) is 15.0 Å². The Morgan fingerprint density at radius 2 is 1.83 bits per heavy atom. The second kappa shape index (κ2) is 8.51. The molecule has 0 radical (unpaired) electrons. The van der Waals surface area contributed by atoms with Crippen molar-refractivity contribution in [3.63, 3.8) is 0 Å². The molecule has 2 N–H and O–H groups in total. The Labute approximate surface area is 176 Å². The van der Waals surface area contributed by atoms with Gasteiger partial charge in [0.1, 0.15) is 41.0 Å². The summed E-state index contributed by atoms with van der Waals surface area (Å²) in [6.45, 7) is 7.33. The molecular formula is C23H30O7. The second-order valence-corrected chi connectivity index (χ2v) is 8.06. The fourth-order valence-corrected chi connectivity index (χ4v) is 4.29. The molecular weight excluding hydrogens is 388 g/mol. The maximum Gasteiger partial charge on any atom is 0.339 e. The first-order valence-corrected chi connectivity index (χ1v) is 10.1. The Kier molecular flexibility index (Phi) is 6.38. The van der Waals surface area contributed by atoms with Gasteiger partial charge in [-0.1, -0.05) is 37.3 Å². The monoisotopic (exact) mass is 418 g/mol. The first-order valence-electron chi connectivity index (χ1n) is 10.1. The van der Waals surface area contributed by atoms with E-state index in [1.807, 2.05) is 20.8 Å². The molecule has 6 atom stereocenters. The van der Waals surface area contributed by atoms with Crippen LogP contribution in [0.5, 0.6) is 5.75 Å². The van der Waals surface area contributed by atoms with E-state index in [1.54, 1.807) is 43.4 Å². The minimum absolute atomic E-state index is 0.287. The Balaban J connectivity index is 1.69. The number of allylic oxidation sites excluding steroid dienone is 4. The van der Waals surface area contributed by atoms with E-state index in [-0.39, 0.29) is 6.10 Å². The van der Waals surface area contributed by atoms with E-state index in [2.05, 4.69) is 0 Å². The zero-order valence-corrected chi connectivity index (χ0v) is 18.0. The zero-order chi connectivity index (χ0) is 22.1. The van der Waals surface area contributed by atoms with E-state index in [4.69, 9.17) is 18.6 Å². The lowest BCUT2D eigenvalue weighted by Gasteiger charge is -2.45. The topological polar surface area (TPSA) is 98.4 Å². The third-order valence-corrected chi connectivity index (χ3v) is 6.08. The summed E-state index contributed by atoms with van der Waals surface area (Å²) in [7, 11) is 1.50. The summed E-state index contributed by atoms with van der Waals surface area (Å²) in [6.07, 6.45) is 8.34. The van der Waals surface area contributed by atoms with Gasteiger partial charge >= 0.3 is 5.63 Å². The third kappa shape index (κ3) is 3.78. The number of hydrogen-bond donors (Lipinski definition) is 2. The lowest BCUT2D eigenvalue weighted by molar-refractivity contribution is -0.224. The minimum atomic E-state index is -1.08. The average Bonchev–Trinajstić information content (AvgIpc) is 2.86. The van der Waals surface area contributed by atoms with Gasteiger partial charge in [0.2, 0.25) is 0 Å². The van der Waals surface area contributed by atoms with Crippen molar-refractivity contribution >= 4 is 6.08 Å². The van der Waals surface area contributed by atoms with Gasteiger partial charge in [-0.2, -0.15) is 0 Å². The highest BCUT2D eigenvalue weighted by Gasteiger charge is 2.67. The molecule has 2 aliphatic heterocycles. The highest BCUT2D eigenvalue weighted by molar-refractivity contribution is 5.52. The van der Waals surface area contributed by atoms with E-state index in [0.29, 0.717) is 17.9 Å². The largest absolute Gasteiger partial charge is 0.496 e. The number of fused-ring (bicyclic) bond motifs is 2. The number of methoxy groups -OCH3 is 1. The Hall–Kier alpha value is -2.19. The fourth-order valence-electron chi connectivity index (χ4n) is 4.29. The van der Waals surface area contributed by atoms with Gasteiger partial charge in [0.25, 0.3) is 0 Å². The van der Waals surface area contributed by atoms with Crippen LogP contribution in [-0.2, 0) is 9.47 Å². The van der Waals surface area contributed by atoms with Gasteiger partial charge in [0.05, 0.1) is 19.3 Å². The summed E-state index contributed by atoms with van der Waals surface area (Å²) in [6, 6.07) is 1.30. The molecule has 3 heterocycles. The molecule has 2 fully saturated rings. The van der Waals surface area contributed by atoms with Crippen LogP contribution in [0.2, 0.25) is 0 Å². The number of hydrogen-bond acceptors (Lipinski definition) is 7. The normalized spacial score (nSPS) is 36.4. The van der Waals surface area contributed by atoms with Crippen LogP contribution in [0.15, 0.2) is 45.7 Å². The Morgan fingerprint density at radius 1 is 1.13 bits per heavy atom. The summed E-state index contributed by atoms with van der Waals surface area (Å²) in [5, 5.41) is 21.4. The van der Waals surface area contributed by atoms with Crippen molar-refractivity contribution in [2.75, 3.05) is 7.11 Å². The summed E-state index contributed by atoms with van der Waals surface area (Å²) in [4.78, 5) is 11.6. The highest BCUT2D eigenvalue weighted by Crippen LogP contribution is 2.49. The van der Waals surface area contributed by atoms with E-state index in [1.165, 1.54) is 13.2 Å². The fraction of sp³-hybridized carbons (Fsp3) is 0.522. The van der Waals surface area contributed by atoms with Gasteiger partial charge in [-0.05, 0) is 33.3 Å². The molecule has 0 spiro atoms. The molecule has 2 saturated heterocycles.